The summed E-state index contributed by atoms with van der Waals surface area (Å²) in [5.74, 6) is -3.83. The van der Waals surface area contributed by atoms with Gasteiger partial charge in [-0.1, -0.05) is 0 Å². The van der Waals surface area contributed by atoms with Gasteiger partial charge in [0.1, 0.15) is 0 Å². The van der Waals surface area contributed by atoms with E-state index in [2.05, 4.69) is 38.4 Å². The van der Waals surface area contributed by atoms with Crippen LogP contribution >= 0.6 is 22.6 Å². The predicted octanol–water partition coefficient (Wildman–Crippen LogP) is 1.81. The first-order valence-corrected chi connectivity index (χ1v) is 9.38. The normalized spacial score (nSPS) is 16.5. The van der Waals surface area contributed by atoms with Crippen LogP contribution in [-0.2, 0) is 9.59 Å². The fourth-order valence-electron chi connectivity index (χ4n) is 2.53. The van der Waals surface area contributed by atoms with E-state index in [9.17, 15) is 29.3 Å². The second-order valence-corrected chi connectivity index (χ2v) is 7.19. The lowest BCUT2D eigenvalue weighted by Gasteiger charge is -2.28. The number of urea groups is 1. The zero-order chi connectivity index (χ0) is 21.8. The minimum atomic E-state index is -1.43. The number of barbiturate groups is 1. The number of nitrogens with one attached hydrogen (secondary N) is 2. The molecular weight excluding hydrogens is 509 g/mol. The second-order valence-electron chi connectivity index (χ2n) is 5.95. The average molecular weight is 521 g/mol. The third-order valence-corrected chi connectivity index (χ3v) is 4.74. The Kier molecular flexibility index (Phi) is 6.15. The molecule has 0 spiro atoms. The zero-order valence-electron chi connectivity index (χ0n) is 14.9. The van der Waals surface area contributed by atoms with Crippen LogP contribution in [0, 0.1) is 19.6 Å². The molecule has 2 N–H and O–H groups in total. The number of halogens is 1. The Morgan fingerprint density at radius 2 is 1.77 bits per heavy atom. The molecule has 0 unspecified atom stereocenters. The molecule has 0 bridgehead atoms. The molecule has 30 heavy (non-hydrogen) atoms. The third-order valence-electron chi connectivity index (χ3n) is 4.02. The predicted molar refractivity (Wildman–Crippen MR) is 113 cm³/mol. The van der Waals surface area contributed by atoms with Crippen molar-refractivity contribution in [2.75, 3.05) is 4.90 Å². The summed E-state index contributed by atoms with van der Waals surface area (Å²) in [4.78, 5) is 59.7. The smallest absolute Gasteiger partial charge is 0.276 e. The van der Waals surface area contributed by atoms with Gasteiger partial charge in [-0.25, -0.2) is 15.1 Å². The van der Waals surface area contributed by atoms with Crippen LogP contribution in [0.5, 0.6) is 0 Å². The van der Waals surface area contributed by atoms with Gasteiger partial charge in [-0.3, -0.25) is 29.8 Å². The van der Waals surface area contributed by atoms with Crippen molar-refractivity contribution in [2.24, 2.45) is 11.0 Å². The van der Waals surface area contributed by atoms with E-state index >= 15 is 0 Å². The number of carbonyl (C=O) groups excluding carboxylic acids is 4. The van der Waals surface area contributed by atoms with Gasteiger partial charge in [-0.15, -0.1) is 0 Å². The summed E-state index contributed by atoms with van der Waals surface area (Å²) in [6.45, 7) is 0. The monoisotopic (exact) mass is 521 g/mol. The molecule has 1 saturated heterocycles. The van der Waals surface area contributed by atoms with Crippen LogP contribution in [-0.4, -0.2) is 34.9 Å². The number of hydrazone groups is 1. The third kappa shape index (κ3) is 4.48. The first-order valence-electron chi connectivity index (χ1n) is 8.30. The number of anilines is 1. The number of hydrogen-bond acceptors (Lipinski definition) is 7. The highest BCUT2D eigenvalue weighted by molar-refractivity contribution is 14.1. The maximum atomic E-state index is 12.7. The van der Waals surface area contributed by atoms with Crippen molar-refractivity contribution in [3.05, 3.63) is 67.8 Å². The lowest BCUT2D eigenvalue weighted by molar-refractivity contribution is -0.384. The van der Waals surface area contributed by atoms with Gasteiger partial charge in [0.15, 0.2) is 5.92 Å². The van der Waals surface area contributed by atoms with E-state index in [4.69, 9.17) is 0 Å². The Hall–Kier alpha value is -3.68. The molecule has 1 atom stereocenters. The summed E-state index contributed by atoms with van der Waals surface area (Å²) < 4.78 is 0.893. The fourth-order valence-corrected chi connectivity index (χ4v) is 2.89. The second kappa shape index (κ2) is 8.77. The molecule has 11 nitrogen and oxygen atoms in total. The van der Waals surface area contributed by atoms with E-state index in [0.29, 0.717) is 0 Å². The van der Waals surface area contributed by atoms with Crippen molar-refractivity contribution in [1.29, 1.82) is 0 Å². The molecule has 0 aliphatic carbocycles. The van der Waals surface area contributed by atoms with Crippen LogP contribution in [0.3, 0.4) is 0 Å². The lowest BCUT2D eigenvalue weighted by Crippen LogP contribution is -2.58. The van der Waals surface area contributed by atoms with Gasteiger partial charge in [-0.05, 0) is 59.0 Å². The van der Waals surface area contributed by atoms with Crippen molar-refractivity contribution in [3.8, 4) is 0 Å². The lowest BCUT2D eigenvalue weighted by atomic mass is 10.1. The van der Waals surface area contributed by atoms with Crippen LogP contribution in [0.25, 0.3) is 0 Å². The van der Waals surface area contributed by atoms with Crippen molar-refractivity contribution in [2.45, 2.75) is 0 Å². The molecule has 5 amide bonds. The summed E-state index contributed by atoms with van der Waals surface area (Å²) in [7, 11) is 0. The topological polar surface area (TPSA) is 151 Å². The highest BCUT2D eigenvalue weighted by Crippen LogP contribution is 2.21. The van der Waals surface area contributed by atoms with Gasteiger partial charge < -0.3 is 0 Å². The maximum Gasteiger partial charge on any atom is 0.335 e. The molecule has 12 heteroatoms. The summed E-state index contributed by atoms with van der Waals surface area (Å²) >= 11 is 2.07. The molecule has 152 valence electrons. The molecule has 2 aromatic rings. The number of non-ortho nitro benzene ring substituents is 1. The van der Waals surface area contributed by atoms with Gasteiger partial charge in [0.05, 0.1) is 10.6 Å². The molecule has 0 aromatic heterocycles. The number of amides is 5. The Morgan fingerprint density at radius 3 is 2.37 bits per heavy atom. The number of rotatable bonds is 5. The molecule has 1 fully saturated rings. The molecular formula is C18H12IN5O6. The number of hydrogen-bond donors (Lipinski definition) is 2. The van der Waals surface area contributed by atoms with Crippen molar-refractivity contribution in [3.63, 3.8) is 0 Å². The molecule has 1 heterocycles. The number of nitro groups is 1. The standard InChI is InChI=1S/C18H12IN5O6/c19-11-3-7-12(8-4-11)23-17(27)14(16(26)21-18(23)28)9-20-22-15(25)10-1-5-13(6-2-10)24(29)30/h1-9,14H,(H,22,25)(H,21,26,28)/b20-9-/t14-/m1/s1. The van der Waals surface area contributed by atoms with E-state index in [1.54, 1.807) is 24.3 Å². The Labute approximate surface area is 182 Å². The molecule has 1 aliphatic heterocycles. The highest BCUT2D eigenvalue weighted by Gasteiger charge is 2.40. The number of imide groups is 2. The first-order chi connectivity index (χ1) is 14.3. The van der Waals surface area contributed by atoms with Crippen LogP contribution in [0.4, 0.5) is 16.2 Å². The molecule has 3 rings (SSSR count). The van der Waals surface area contributed by atoms with E-state index in [1.165, 1.54) is 12.1 Å². The largest absolute Gasteiger partial charge is 0.335 e. The Balaban J connectivity index is 1.71. The number of benzene rings is 2. The Morgan fingerprint density at radius 1 is 1.13 bits per heavy atom. The maximum absolute atomic E-state index is 12.7. The van der Waals surface area contributed by atoms with E-state index in [0.717, 1.165) is 26.8 Å². The van der Waals surface area contributed by atoms with Gasteiger partial charge in [-0.2, -0.15) is 5.10 Å². The minimum absolute atomic E-state index is 0.0906. The van der Waals surface area contributed by atoms with Gasteiger partial charge in [0.2, 0.25) is 5.91 Å². The molecule has 0 radical (unpaired) electrons. The summed E-state index contributed by atoms with van der Waals surface area (Å²) in [5, 5.41) is 16.3. The number of carbonyl (C=O) groups is 4. The molecule has 0 saturated carbocycles. The van der Waals surface area contributed by atoms with Crippen LogP contribution < -0.4 is 15.6 Å². The first kappa shape index (κ1) is 21.0. The summed E-state index contributed by atoms with van der Waals surface area (Å²) in [6, 6.07) is 10.4. The average Bonchev–Trinajstić information content (AvgIpc) is 2.71. The number of nitrogens with zero attached hydrogens (tertiary/aromatic N) is 3. The van der Waals surface area contributed by atoms with Crippen molar-refractivity contribution in [1.82, 2.24) is 10.7 Å². The van der Waals surface area contributed by atoms with Gasteiger partial charge in [0.25, 0.3) is 17.5 Å². The fraction of sp³-hybridized carbons (Fsp3) is 0.0556. The van der Waals surface area contributed by atoms with Gasteiger partial charge >= 0.3 is 6.03 Å². The molecule has 2 aromatic carbocycles. The van der Waals surface area contributed by atoms with Gasteiger partial charge in [0, 0.05) is 27.5 Å². The highest BCUT2D eigenvalue weighted by atomic mass is 127. The van der Waals surface area contributed by atoms with Crippen molar-refractivity contribution < 1.29 is 24.1 Å². The molecule has 1 aliphatic rings. The van der Waals surface area contributed by atoms with Crippen molar-refractivity contribution >= 4 is 63.9 Å². The van der Waals surface area contributed by atoms with Crippen LogP contribution in [0.15, 0.2) is 53.6 Å². The quantitative estimate of drug-likeness (QED) is 0.201. The SMILES string of the molecule is O=C(N/N=C\[C@@H]1C(=O)NC(=O)N(c2ccc(I)cc2)C1=O)c1ccc([N+](=O)[O-])cc1. The summed E-state index contributed by atoms with van der Waals surface area (Å²) in [5.41, 5.74) is 2.32. The number of nitro benzene ring substituents is 1. The minimum Gasteiger partial charge on any atom is -0.276 e. The van der Waals surface area contributed by atoms with Crippen LogP contribution in [0.2, 0.25) is 0 Å². The van der Waals surface area contributed by atoms with E-state index < -0.39 is 34.6 Å². The van der Waals surface area contributed by atoms with E-state index in [-0.39, 0.29) is 16.9 Å². The zero-order valence-corrected chi connectivity index (χ0v) is 17.1. The Bertz CT molecular complexity index is 1070. The summed E-state index contributed by atoms with van der Waals surface area (Å²) in [6.07, 6.45) is 0.910. The van der Waals surface area contributed by atoms with E-state index in [1.807, 2.05) is 0 Å². The van der Waals surface area contributed by atoms with Crippen LogP contribution in [0.1, 0.15) is 10.4 Å².